The molecule has 5 N–H and O–H groups in total. The monoisotopic (exact) mass is 1840 g/mol. The van der Waals surface area contributed by atoms with Crippen molar-refractivity contribution in [3.05, 3.63) is 344 Å². The average Bonchev–Trinajstić information content (AvgIpc) is 1.33. The van der Waals surface area contributed by atoms with Gasteiger partial charge in [0.15, 0.2) is 0 Å². The van der Waals surface area contributed by atoms with Gasteiger partial charge in [-0.2, -0.15) is 0 Å². The number of anilines is 6. The number of hydrogen-bond acceptors (Lipinski definition) is 16. The summed E-state index contributed by atoms with van der Waals surface area (Å²) < 4.78 is 32.5. The summed E-state index contributed by atoms with van der Waals surface area (Å²) in [5, 5.41) is 37.9. The van der Waals surface area contributed by atoms with Crippen molar-refractivity contribution in [3.8, 4) is 11.5 Å². The molecule has 0 aliphatic carbocycles. The molecule has 0 radical (unpaired) electrons. The topological polar surface area (TPSA) is 263 Å². The number of nitrogens with zero attached hydrogens (tertiary/aromatic N) is 7. The SMILES string of the molecule is C=C1C=C(O)c2ccc(N3CCN(C(=O)OC(C)(C)C)CC3)cc2O1.C=C1C=Cc2ccc(N3CCN(CB=O)C3=O)cc2O1.CC(C)=Cc1ccc2cc(C)ccc2c1.CCCc1ccc(N)cc1.CCCc1ccc(Nc2ccccc2C(=O)O)cc1.CCCc1ccc([N+](=O)[O-])cc1.Cc1ccc2cc(CC(C)C)ccc2c1.Cc1cccc(N2CCN(C(=O)OC(C)(C)C)CC2)c1. The first-order valence-electron chi connectivity index (χ1n) is 46.9. The molecule has 11 aromatic carbocycles. The molecule has 23 heteroatoms. The Kier molecular flexibility index (Phi) is 39.8. The van der Waals surface area contributed by atoms with Crippen LogP contribution >= 0.6 is 0 Å². The molecule has 714 valence electrons. The van der Waals surface area contributed by atoms with E-state index in [4.69, 9.17) is 29.8 Å². The largest absolute Gasteiger partial charge is 0.478 e. The minimum Gasteiger partial charge on any atom is -0.478 e. The number of non-ortho nitro benzene ring substituents is 1. The minimum absolute atomic E-state index is 0.135. The number of amides is 4. The van der Waals surface area contributed by atoms with E-state index in [0.717, 1.165) is 92.1 Å². The smallest absolute Gasteiger partial charge is 0.410 e. The Morgan fingerprint density at radius 1 is 0.551 bits per heavy atom. The van der Waals surface area contributed by atoms with Crippen molar-refractivity contribution in [2.75, 3.05) is 97.6 Å². The van der Waals surface area contributed by atoms with Gasteiger partial charge in [-0.1, -0.05) is 211 Å². The summed E-state index contributed by atoms with van der Waals surface area (Å²) in [6, 6.07) is 76.0. The standard InChI is InChI=1S/C19H24N2O4.C16H24N2O2.C16H17NO2.C15H18.C15H16.C14H13BN2O3.C9H11NO2.C9H13N/c1-13-11-16(22)15-6-5-14(12-17(15)24-13)20-7-9-21(10-8-20)18(23)25-19(2,3)4;1-13-6-5-7-14(12-13)17-8-10-18(11-9-17)15(19)20-16(2,3)4;1-2-5-12-8-10-13(11-9-12)17-15-7-4-3-6-14(15)16(18)19;2*1-11(2)8-13-5-7-14-9-12(3)4-6-15(14)10-13;1-10-2-3-11-4-5-12(8-13(11)20-10)17-7-6-16(9-15-19)14(17)18;1-2-3-8-4-6-9(7-5-8)10(11)12;1-2-3-8-4-6-9(10)7-5-8/h5-6,11-12,22H,1,7-10H2,2-4H3;5-7,12H,8-11H2,1-4H3;3-4,6-11,17H,2,5H2,1H3,(H,18,19);4-7,9-11H,8H2,1-3H3;4-10H,1-3H3;2-5,8H,1,6-7,9H2;4-7H,2-3H2,1H3;4-7H,2-3,10H2,1H3. The molecule has 16 rings (SSSR count). The molecule has 5 aliphatic heterocycles. The van der Waals surface area contributed by atoms with E-state index in [9.17, 15) is 39.1 Å². The number of carbonyl (C=O) groups is 4. The Balaban J connectivity index is 0.000000176. The maximum absolute atomic E-state index is 12.1. The maximum atomic E-state index is 12.1. The summed E-state index contributed by atoms with van der Waals surface area (Å²) in [6.45, 7) is 47.2. The Hall–Kier alpha value is -14.2. The molecule has 4 amide bonds. The second-order valence-corrected chi connectivity index (χ2v) is 36.9. The van der Waals surface area contributed by atoms with Crippen LogP contribution in [0, 0.1) is 36.8 Å². The molecule has 0 saturated carbocycles. The summed E-state index contributed by atoms with van der Waals surface area (Å²) in [5.74, 6) is 2.24. The van der Waals surface area contributed by atoms with E-state index >= 15 is 0 Å². The van der Waals surface area contributed by atoms with Crippen molar-refractivity contribution >= 4 is 111 Å². The molecule has 0 unspecified atom stereocenters. The molecule has 5 aliphatic rings. The molecule has 0 spiro atoms. The normalized spacial score (nSPS) is 13.5. The van der Waals surface area contributed by atoms with Crippen molar-refractivity contribution in [1.82, 2.24) is 14.7 Å². The van der Waals surface area contributed by atoms with Gasteiger partial charge in [0.1, 0.15) is 28.5 Å². The van der Waals surface area contributed by atoms with Crippen LogP contribution in [0.15, 0.2) is 273 Å². The Morgan fingerprint density at radius 2 is 1.04 bits per heavy atom. The number of fused-ring (bicyclic) bond motifs is 4. The molecular formula is C113H136BN9O13. The number of para-hydroxylation sites is 1. The number of aliphatic hydroxyl groups is 1. The zero-order valence-corrected chi connectivity index (χ0v) is 82.1. The predicted molar refractivity (Wildman–Crippen MR) is 558 cm³/mol. The number of nitro benzene ring substituents is 1. The van der Waals surface area contributed by atoms with Crippen molar-refractivity contribution < 1.29 is 58.0 Å². The summed E-state index contributed by atoms with van der Waals surface area (Å²) in [6.07, 6.45) is 14.8. The molecule has 0 bridgehead atoms. The van der Waals surface area contributed by atoms with Crippen LogP contribution in [-0.4, -0.2) is 144 Å². The van der Waals surface area contributed by atoms with Gasteiger partial charge in [0.2, 0.25) is 0 Å². The third kappa shape index (κ3) is 34.1. The van der Waals surface area contributed by atoms with Gasteiger partial charge in [-0.25, -0.2) is 14.4 Å². The van der Waals surface area contributed by atoms with E-state index in [-0.39, 0.29) is 46.6 Å². The van der Waals surface area contributed by atoms with Crippen LogP contribution in [0.1, 0.15) is 175 Å². The number of carboxylic acids is 1. The van der Waals surface area contributed by atoms with Crippen LogP contribution < -0.4 is 35.2 Å². The van der Waals surface area contributed by atoms with E-state index in [1.807, 2.05) is 126 Å². The minimum atomic E-state index is -0.925. The molecule has 0 atom stereocenters. The second-order valence-electron chi connectivity index (χ2n) is 36.9. The summed E-state index contributed by atoms with van der Waals surface area (Å²) in [7, 11) is 0.742. The fourth-order valence-corrected chi connectivity index (χ4v) is 15.4. The fourth-order valence-electron chi connectivity index (χ4n) is 15.4. The number of urea groups is 1. The number of benzene rings is 11. The van der Waals surface area contributed by atoms with Crippen LogP contribution in [-0.2, 0) is 39.9 Å². The number of ether oxygens (including phenoxy) is 4. The molecule has 22 nitrogen and oxygen atoms in total. The van der Waals surface area contributed by atoms with E-state index < -0.39 is 17.2 Å². The van der Waals surface area contributed by atoms with Crippen molar-refractivity contribution in [3.63, 3.8) is 0 Å². The fraction of sp³-hybridized carbons (Fsp3) is 0.327. The number of nitro groups is 1. The van der Waals surface area contributed by atoms with Crippen LogP contribution in [0.5, 0.6) is 11.5 Å². The molecule has 136 heavy (non-hydrogen) atoms. The first-order chi connectivity index (χ1) is 64.8. The van der Waals surface area contributed by atoms with Gasteiger partial charge in [0.25, 0.3) is 5.69 Å². The zero-order valence-electron chi connectivity index (χ0n) is 82.1. The first kappa shape index (κ1) is 105. The Morgan fingerprint density at radius 3 is 1.57 bits per heavy atom. The number of carbonyl (C=O) groups excluding carboxylic acids is 3. The van der Waals surface area contributed by atoms with Gasteiger partial charge < -0.3 is 55.1 Å². The number of aryl methyl sites for hydroxylation is 6. The van der Waals surface area contributed by atoms with Crippen LogP contribution in [0.4, 0.5) is 54.2 Å². The molecule has 0 aromatic heterocycles. The molecule has 11 aromatic rings. The zero-order chi connectivity index (χ0) is 98.8. The van der Waals surface area contributed by atoms with E-state index in [0.29, 0.717) is 86.6 Å². The number of nitrogen functional groups attached to an aromatic ring is 1. The number of aromatic carboxylic acids is 1. The summed E-state index contributed by atoms with van der Waals surface area (Å²) in [4.78, 5) is 68.5. The van der Waals surface area contributed by atoms with E-state index in [1.54, 1.807) is 51.1 Å². The van der Waals surface area contributed by atoms with Gasteiger partial charge in [-0.05, 0) is 229 Å². The number of aliphatic hydroxyl groups excluding tert-OH is 1. The van der Waals surface area contributed by atoms with Crippen LogP contribution in [0.25, 0.3) is 39.5 Å². The summed E-state index contributed by atoms with van der Waals surface area (Å²) in [5.41, 5.74) is 23.8. The molecule has 3 fully saturated rings. The van der Waals surface area contributed by atoms with Gasteiger partial charge in [-0.15, -0.1) is 0 Å². The molecular weight excluding hydrogens is 1700 g/mol. The third-order valence-electron chi connectivity index (χ3n) is 22.1. The number of nitrogens with one attached hydrogen (secondary N) is 1. The average molecular weight is 1840 g/mol. The Bertz CT molecular complexity index is 5980. The van der Waals surface area contributed by atoms with Gasteiger partial charge in [0.05, 0.1) is 21.7 Å². The second kappa shape index (κ2) is 51.3. The number of allylic oxidation sites excluding steroid dienone is 3. The number of nitrogens with two attached hydrogens (primary N) is 1. The third-order valence-corrected chi connectivity index (χ3v) is 22.1. The number of carboxylic acid groups (broad SMARTS) is 1. The predicted octanol–water partition coefficient (Wildman–Crippen LogP) is 26.2. The number of hydrogen-bond donors (Lipinski definition) is 4. The Labute approximate surface area is 804 Å². The van der Waals surface area contributed by atoms with Crippen LogP contribution in [0.3, 0.4) is 0 Å². The number of piperazine rings is 2. The van der Waals surface area contributed by atoms with Gasteiger partial charge in [0, 0.05) is 99.4 Å². The van der Waals surface area contributed by atoms with Crippen molar-refractivity contribution in [2.45, 2.75) is 167 Å². The van der Waals surface area contributed by atoms with Crippen molar-refractivity contribution in [2.24, 2.45) is 5.92 Å². The summed E-state index contributed by atoms with van der Waals surface area (Å²) >= 11 is 0. The number of rotatable bonds is 18. The quantitative estimate of drug-likeness (QED) is 0.0269. The van der Waals surface area contributed by atoms with Crippen LogP contribution in [0.2, 0.25) is 0 Å². The van der Waals surface area contributed by atoms with Crippen molar-refractivity contribution in [1.29, 1.82) is 0 Å². The maximum Gasteiger partial charge on any atom is 0.410 e. The molecule has 3 saturated heterocycles. The van der Waals surface area contributed by atoms with E-state index in [2.05, 4.69) is 225 Å². The molecule has 5 heterocycles. The first-order valence-corrected chi connectivity index (χ1v) is 46.9. The van der Waals surface area contributed by atoms with Gasteiger partial charge >= 0.3 is 135 Å². The van der Waals surface area contributed by atoms with E-state index in [1.165, 1.54) is 95.6 Å². The van der Waals surface area contributed by atoms with Gasteiger partial charge in [-0.3, -0.25) is 10.1 Å².